The van der Waals surface area contributed by atoms with Crippen LogP contribution in [0.15, 0.2) is 11.2 Å². The van der Waals surface area contributed by atoms with Gasteiger partial charge in [-0.1, -0.05) is 0 Å². The number of halogens is 3. The Morgan fingerprint density at radius 2 is 2.31 bits per heavy atom. The van der Waals surface area contributed by atoms with E-state index < -0.39 is 12.1 Å². The lowest BCUT2D eigenvalue weighted by Crippen LogP contribution is -2.22. The number of rotatable bonds is 0. The summed E-state index contributed by atoms with van der Waals surface area (Å²) in [5, 5.41) is 3.57. The van der Waals surface area contributed by atoms with Crippen LogP contribution in [0, 0.1) is 0 Å². The van der Waals surface area contributed by atoms with Crippen LogP contribution in [0.1, 0.15) is 0 Å². The quantitative estimate of drug-likeness (QED) is 0.626. The molecule has 0 atom stereocenters. The third-order valence-electron chi connectivity index (χ3n) is 1.01. The Labute approximate surface area is 74.5 Å². The minimum absolute atomic E-state index is 0.0650. The van der Waals surface area contributed by atoms with Gasteiger partial charge in [0, 0.05) is 7.05 Å². The lowest BCUT2D eigenvalue weighted by Gasteiger charge is -1.96. The van der Waals surface area contributed by atoms with Gasteiger partial charge in [-0.15, -0.1) is 0 Å². The minimum Gasteiger partial charge on any atom is -0.262 e. The molecule has 1 amide bonds. The van der Waals surface area contributed by atoms with Gasteiger partial charge in [-0.25, -0.2) is 4.07 Å². The molecule has 0 aliphatic rings. The summed E-state index contributed by atoms with van der Waals surface area (Å²) in [7, 11) is 1.53. The van der Waals surface area contributed by atoms with Crippen molar-refractivity contribution in [1.29, 1.82) is 0 Å². The summed E-state index contributed by atoms with van der Waals surface area (Å²) in [5.41, 5.74) is 0. The Balaban J connectivity index is 2.96. The number of carbonyl (C=O) groups excluding carboxylic acids is 1. The predicted molar refractivity (Wildman–Crippen MR) is 37.7 cm³/mol. The van der Waals surface area contributed by atoms with E-state index in [4.69, 9.17) is 0 Å². The van der Waals surface area contributed by atoms with Crippen LogP contribution in [0.25, 0.3) is 0 Å². The minimum atomic E-state index is -4.91. The van der Waals surface area contributed by atoms with E-state index in [-0.39, 0.29) is 4.67 Å². The molecule has 0 unspecified atom stereocenters. The van der Waals surface area contributed by atoms with Crippen molar-refractivity contribution in [2.75, 3.05) is 0 Å². The number of hydrogen-bond acceptors (Lipinski definition) is 3. The van der Waals surface area contributed by atoms with Crippen molar-refractivity contribution < 1.29 is 18.0 Å². The smallest absolute Gasteiger partial charge is 0.262 e. The predicted octanol–water partition coefficient (Wildman–Crippen LogP) is 0.471. The van der Waals surface area contributed by atoms with Gasteiger partial charge in [0.2, 0.25) is 0 Å². The van der Waals surface area contributed by atoms with Gasteiger partial charge in [-0.3, -0.25) is 4.79 Å². The topological polar surface area (TPSA) is 47.2 Å². The van der Waals surface area contributed by atoms with E-state index in [0.717, 1.165) is 17.7 Å². The maximum atomic E-state index is 11.7. The first-order chi connectivity index (χ1) is 5.89. The number of carbonyl (C=O) groups is 1. The highest BCUT2D eigenvalue weighted by Gasteiger charge is 2.38. The first-order valence-electron chi connectivity index (χ1n) is 3.05. The fourth-order valence-corrected chi connectivity index (χ4v) is 1.11. The molecular formula is C5H4F3N3OS. The standard InChI is InChI=1S/C5H4F3N3OS/c1-11-9-2-3(13-11)10-4(12)5(6,7)8/h2H,1H3. The Bertz CT molecular complexity index is 377. The van der Waals surface area contributed by atoms with E-state index in [0.29, 0.717) is 0 Å². The van der Waals surface area contributed by atoms with Gasteiger partial charge in [-0.2, -0.15) is 23.3 Å². The number of nitrogens with zero attached hydrogens (tertiary/aromatic N) is 3. The Hall–Kier alpha value is -1.18. The first kappa shape index (κ1) is 9.90. The molecule has 0 saturated heterocycles. The molecule has 0 aliphatic carbocycles. The Morgan fingerprint density at radius 3 is 2.69 bits per heavy atom. The van der Waals surface area contributed by atoms with Crippen LogP contribution in [0.4, 0.5) is 13.2 Å². The van der Waals surface area contributed by atoms with E-state index in [1.165, 1.54) is 11.1 Å². The van der Waals surface area contributed by atoms with Crippen molar-refractivity contribution in [1.82, 2.24) is 9.17 Å². The maximum absolute atomic E-state index is 11.7. The zero-order chi connectivity index (χ0) is 10.1. The van der Waals surface area contributed by atoms with Gasteiger partial charge in [0.1, 0.15) is 0 Å². The van der Waals surface area contributed by atoms with Gasteiger partial charge >= 0.3 is 12.1 Å². The highest BCUT2D eigenvalue weighted by molar-refractivity contribution is 7.03. The van der Waals surface area contributed by atoms with Gasteiger partial charge in [0.05, 0.1) is 6.20 Å². The Kier molecular flexibility index (Phi) is 2.50. The summed E-state index contributed by atoms with van der Waals surface area (Å²) in [6, 6.07) is 0. The van der Waals surface area contributed by atoms with Gasteiger partial charge in [0.25, 0.3) is 0 Å². The second-order valence-electron chi connectivity index (χ2n) is 2.05. The second-order valence-corrected chi connectivity index (χ2v) is 3.18. The zero-order valence-corrected chi connectivity index (χ0v) is 7.19. The summed E-state index contributed by atoms with van der Waals surface area (Å²) < 4.78 is 36.3. The normalized spacial score (nSPS) is 13.4. The molecule has 1 rings (SSSR count). The monoisotopic (exact) mass is 211 g/mol. The average molecular weight is 211 g/mol. The van der Waals surface area contributed by atoms with Crippen molar-refractivity contribution in [3.8, 4) is 0 Å². The van der Waals surface area contributed by atoms with Gasteiger partial charge < -0.3 is 0 Å². The molecule has 1 aromatic rings. The molecule has 72 valence electrons. The van der Waals surface area contributed by atoms with Crippen LogP contribution in [-0.2, 0) is 11.8 Å². The third-order valence-corrected chi connectivity index (χ3v) is 1.75. The highest BCUT2D eigenvalue weighted by Crippen LogP contribution is 2.15. The molecule has 13 heavy (non-hydrogen) atoms. The maximum Gasteiger partial charge on any atom is 0.473 e. The van der Waals surface area contributed by atoms with E-state index in [1.807, 2.05) is 0 Å². The second kappa shape index (κ2) is 3.29. The molecule has 8 heteroatoms. The van der Waals surface area contributed by atoms with E-state index in [1.54, 1.807) is 0 Å². The molecule has 0 fully saturated rings. The van der Waals surface area contributed by atoms with Crippen LogP contribution in [0.5, 0.6) is 0 Å². The van der Waals surface area contributed by atoms with Crippen molar-refractivity contribution >= 4 is 17.4 Å². The number of alkyl halides is 3. The number of aryl methyl sites for hydroxylation is 1. The molecule has 0 N–H and O–H groups in total. The van der Waals surface area contributed by atoms with Crippen molar-refractivity contribution in [3.05, 3.63) is 10.9 Å². The molecule has 4 nitrogen and oxygen atoms in total. The summed E-state index contributed by atoms with van der Waals surface area (Å²) in [4.78, 5) is 13.1. The highest BCUT2D eigenvalue weighted by atomic mass is 32.1. The lowest BCUT2D eigenvalue weighted by atomic mass is 10.6. The zero-order valence-electron chi connectivity index (χ0n) is 6.37. The van der Waals surface area contributed by atoms with Crippen LogP contribution < -0.4 is 4.67 Å². The van der Waals surface area contributed by atoms with E-state index in [2.05, 4.69) is 10.1 Å². The lowest BCUT2D eigenvalue weighted by molar-refractivity contribution is -0.169. The van der Waals surface area contributed by atoms with E-state index >= 15 is 0 Å². The third kappa shape index (κ3) is 2.65. The molecule has 1 heterocycles. The van der Waals surface area contributed by atoms with Crippen LogP contribution in [0.2, 0.25) is 0 Å². The fourth-order valence-electron chi connectivity index (χ4n) is 0.526. The molecule has 0 aliphatic heterocycles. The largest absolute Gasteiger partial charge is 0.473 e. The van der Waals surface area contributed by atoms with Crippen LogP contribution in [-0.4, -0.2) is 21.3 Å². The summed E-state index contributed by atoms with van der Waals surface area (Å²) >= 11 is 0.850. The summed E-state index contributed by atoms with van der Waals surface area (Å²) in [6.07, 6.45) is -3.82. The molecule has 0 saturated carbocycles. The van der Waals surface area contributed by atoms with Gasteiger partial charge in [-0.05, 0) is 11.5 Å². The van der Waals surface area contributed by atoms with Crippen molar-refractivity contribution in [3.63, 3.8) is 0 Å². The fraction of sp³-hybridized carbons (Fsp3) is 0.400. The van der Waals surface area contributed by atoms with Crippen LogP contribution >= 0.6 is 11.5 Å². The van der Waals surface area contributed by atoms with Gasteiger partial charge in [0.15, 0.2) is 4.67 Å². The molecule has 0 radical (unpaired) electrons. The Morgan fingerprint density at radius 1 is 1.69 bits per heavy atom. The SMILES string of the molecule is Cn1ncc(=NC(=O)C(F)(F)F)s1. The summed E-state index contributed by atoms with van der Waals surface area (Å²) in [6.45, 7) is 0. The average Bonchev–Trinajstić information content (AvgIpc) is 2.33. The number of aromatic nitrogens is 2. The molecular weight excluding hydrogens is 207 g/mol. The van der Waals surface area contributed by atoms with Crippen molar-refractivity contribution in [2.45, 2.75) is 6.18 Å². The molecule has 0 spiro atoms. The molecule has 1 aromatic heterocycles. The number of hydrogen-bond donors (Lipinski definition) is 0. The number of amides is 1. The van der Waals surface area contributed by atoms with Crippen LogP contribution in [0.3, 0.4) is 0 Å². The molecule has 0 aromatic carbocycles. The van der Waals surface area contributed by atoms with E-state index in [9.17, 15) is 18.0 Å². The molecule has 0 bridgehead atoms. The van der Waals surface area contributed by atoms with Crippen molar-refractivity contribution in [2.24, 2.45) is 12.0 Å². The summed E-state index contributed by atoms with van der Waals surface area (Å²) in [5.74, 6) is -2.11. The first-order valence-corrected chi connectivity index (χ1v) is 3.82.